The SMILES string of the molecule is N#C[C@H](CCc1ccccc1)CC(=O)NC(=O)c1ccccc1. The summed E-state index contributed by atoms with van der Waals surface area (Å²) < 4.78 is 0. The fourth-order valence-corrected chi connectivity index (χ4v) is 2.26. The normalized spacial score (nSPS) is 11.3. The van der Waals surface area contributed by atoms with Crippen molar-refractivity contribution in [3.8, 4) is 6.07 Å². The van der Waals surface area contributed by atoms with Gasteiger partial charge in [-0.3, -0.25) is 14.9 Å². The summed E-state index contributed by atoms with van der Waals surface area (Å²) in [7, 11) is 0. The molecule has 0 spiro atoms. The van der Waals surface area contributed by atoms with Gasteiger partial charge in [-0.25, -0.2) is 0 Å². The third-order valence-electron chi connectivity index (χ3n) is 3.53. The number of carbonyl (C=O) groups is 2. The summed E-state index contributed by atoms with van der Waals surface area (Å²) in [6.45, 7) is 0. The molecule has 4 nitrogen and oxygen atoms in total. The lowest BCUT2D eigenvalue weighted by Gasteiger charge is -2.09. The number of nitrogens with one attached hydrogen (secondary N) is 1. The van der Waals surface area contributed by atoms with E-state index in [9.17, 15) is 14.9 Å². The maximum atomic E-state index is 11.9. The Labute approximate surface area is 135 Å². The summed E-state index contributed by atoms with van der Waals surface area (Å²) in [5.74, 6) is -1.26. The van der Waals surface area contributed by atoms with Crippen LogP contribution in [0.25, 0.3) is 0 Å². The van der Waals surface area contributed by atoms with Gasteiger partial charge in [0, 0.05) is 12.0 Å². The number of rotatable bonds is 6. The number of hydrogen-bond acceptors (Lipinski definition) is 3. The first-order valence-corrected chi connectivity index (χ1v) is 7.52. The van der Waals surface area contributed by atoms with Gasteiger partial charge in [-0.2, -0.15) is 5.26 Å². The lowest BCUT2D eigenvalue weighted by atomic mass is 9.97. The van der Waals surface area contributed by atoms with Crippen molar-refractivity contribution in [2.24, 2.45) is 5.92 Å². The van der Waals surface area contributed by atoms with Crippen LogP contribution in [0.3, 0.4) is 0 Å². The minimum atomic E-state index is -0.435. The topological polar surface area (TPSA) is 70.0 Å². The molecule has 0 bridgehead atoms. The zero-order valence-electron chi connectivity index (χ0n) is 12.7. The average molecular weight is 306 g/mol. The molecule has 4 heteroatoms. The van der Waals surface area contributed by atoms with E-state index in [1.807, 2.05) is 30.3 Å². The molecule has 1 N–H and O–H groups in total. The molecule has 0 radical (unpaired) electrons. The van der Waals surface area contributed by atoms with Crippen LogP contribution in [0.5, 0.6) is 0 Å². The van der Waals surface area contributed by atoms with Crippen LogP contribution < -0.4 is 5.32 Å². The Morgan fingerprint density at radius 2 is 1.61 bits per heavy atom. The van der Waals surface area contributed by atoms with Gasteiger partial charge in [0.15, 0.2) is 0 Å². The summed E-state index contributed by atoms with van der Waals surface area (Å²) in [6, 6.07) is 20.5. The van der Waals surface area contributed by atoms with Crippen molar-refractivity contribution in [3.05, 3.63) is 71.8 Å². The summed E-state index contributed by atoms with van der Waals surface area (Å²) in [5.41, 5.74) is 1.56. The first-order chi connectivity index (χ1) is 11.2. The zero-order chi connectivity index (χ0) is 16.5. The molecular formula is C19H18N2O2. The van der Waals surface area contributed by atoms with Crippen molar-refractivity contribution in [2.75, 3.05) is 0 Å². The Hall–Kier alpha value is -2.93. The molecule has 116 valence electrons. The molecular weight excluding hydrogens is 288 g/mol. The quantitative estimate of drug-likeness (QED) is 0.891. The highest BCUT2D eigenvalue weighted by molar-refractivity contribution is 6.04. The molecule has 0 heterocycles. The van der Waals surface area contributed by atoms with Gasteiger partial charge in [0.2, 0.25) is 5.91 Å². The Balaban J connectivity index is 1.83. The second-order valence-electron chi connectivity index (χ2n) is 5.30. The second-order valence-corrected chi connectivity index (χ2v) is 5.30. The van der Waals surface area contributed by atoms with Gasteiger partial charge in [0.05, 0.1) is 12.0 Å². The third-order valence-corrected chi connectivity index (χ3v) is 3.53. The monoisotopic (exact) mass is 306 g/mol. The second kappa shape index (κ2) is 8.50. The minimum absolute atomic E-state index is 0.0297. The van der Waals surface area contributed by atoms with Gasteiger partial charge >= 0.3 is 0 Å². The van der Waals surface area contributed by atoms with E-state index in [-0.39, 0.29) is 6.42 Å². The predicted octanol–water partition coefficient (Wildman–Crippen LogP) is 3.11. The first kappa shape index (κ1) is 16.4. The maximum absolute atomic E-state index is 11.9. The highest BCUT2D eigenvalue weighted by Crippen LogP contribution is 2.13. The molecule has 0 aliphatic rings. The molecule has 2 amide bonds. The maximum Gasteiger partial charge on any atom is 0.257 e. The van der Waals surface area contributed by atoms with Crippen LogP contribution in [0.15, 0.2) is 60.7 Å². The number of amides is 2. The van der Waals surface area contributed by atoms with Gasteiger partial charge in [-0.1, -0.05) is 48.5 Å². The molecule has 0 saturated heterocycles. The Morgan fingerprint density at radius 1 is 1.00 bits per heavy atom. The Morgan fingerprint density at radius 3 is 2.22 bits per heavy atom. The molecule has 0 saturated carbocycles. The van der Waals surface area contributed by atoms with E-state index >= 15 is 0 Å². The predicted molar refractivity (Wildman–Crippen MR) is 87.4 cm³/mol. The van der Waals surface area contributed by atoms with Crippen LogP contribution in [0.4, 0.5) is 0 Å². The molecule has 2 aromatic carbocycles. The van der Waals surface area contributed by atoms with E-state index in [1.165, 1.54) is 0 Å². The van der Waals surface area contributed by atoms with Crippen molar-refractivity contribution >= 4 is 11.8 Å². The third kappa shape index (κ3) is 5.40. The number of hydrogen-bond donors (Lipinski definition) is 1. The van der Waals surface area contributed by atoms with E-state index in [2.05, 4.69) is 11.4 Å². The molecule has 2 aromatic rings. The summed E-state index contributed by atoms with van der Waals surface area (Å²) in [5, 5.41) is 11.5. The highest BCUT2D eigenvalue weighted by atomic mass is 16.2. The fraction of sp³-hybridized carbons (Fsp3) is 0.211. The summed E-state index contributed by atoms with van der Waals surface area (Å²) >= 11 is 0. The van der Waals surface area contributed by atoms with Gasteiger partial charge < -0.3 is 0 Å². The number of nitriles is 1. The number of nitrogens with zero attached hydrogens (tertiary/aromatic N) is 1. The number of benzene rings is 2. The minimum Gasteiger partial charge on any atom is -0.292 e. The lowest BCUT2D eigenvalue weighted by molar-refractivity contribution is -0.120. The molecule has 0 unspecified atom stereocenters. The van der Waals surface area contributed by atoms with E-state index < -0.39 is 17.7 Å². The van der Waals surface area contributed by atoms with E-state index in [1.54, 1.807) is 30.3 Å². The molecule has 2 rings (SSSR count). The zero-order valence-corrected chi connectivity index (χ0v) is 12.7. The van der Waals surface area contributed by atoms with Crippen LogP contribution in [0, 0.1) is 17.2 Å². The van der Waals surface area contributed by atoms with Crippen LogP contribution in [0.1, 0.15) is 28.8 Å². The van der Waals surface area contributed by atoms with Crippen molar-refractivity contribution < 1.29 is 9.59 Å². The smallest absolute Gasteiger partial charge is 0.257 e. The fourth-order valence-electron chi connectivity index (χ4n) is 2.26. The van der Waals surface area contributed by atoms with E-state index in [0.29, 0.717) is 12.0 Å². The molecule has 0 aliphatic heterocycles. The van der Waals surface area contributed by atoms with E-state index in [4.69, 9.17) is 0 Å². The summed E-state index contributed by atoms with van der Waals surface area (Å²) in [6.07, 6.45) is 1.36. The highest BCUT2D eigenvalue weighted by Gasteiger charge is 2.16. The van der Waals surface area contributed by atoms with E-state index in [0.717, 1.165) is 12.0 Å². The van der Waals surface area contributed by atoms with Crippen molar-refractivity contribution in [1.82, 2.24) is 5.32 Å². The van der Waals surface area contributed by atoms with Crippen molar-refractivity contribution in [3.63, 3.8) is 0 Å². The molecule has 0 fully saturated rings. The number of imide groups is 1. The first-order valence-electron chi connectivity index (χ1n) is 7.52. The molecule has 0 aromatic heterocycles. The number of aryl methyl sites for hydroxylation is 1. The van der Waals surface area contributed by atoms with Crippen LogP contribution in [-0.2, 0) is 11.2 Å². The molecule has 23 heavy (non-hydrogen) atoms. The largest absolute Gasteiger partial charge is 0.292 e. The van der Waals surface area contributed by atoms with Crippen LogP contribution in [-0.4, -0.2) is 11.8 Å². The standard InChI is InChI=1S/C19H18N2O2/c20-14-16(12-11-15-7-3-1-4-8-15)13-18(22)21-19(23)17-9-5-2-6-10-17/h1-10,16H,11-13H2,(H,21,22,23)/t16-/m1/s1. The van der Waals surface area contributed by atoms with Crippen molar-refractivity contribution in [2.45, 2.75) is 19.3 Å². The summed E-state index contributed by atoms with van der Waals surface area (Å²) in [4.78, 5) is 23.8. The van der Waals surface area contributed by atoms with Crippen molar-refractivity contribution in [1.29, 1.82) is 5.26 Å². The Bertz CT molecular complexity index is 690. The molecule has 0 aliphatic carbocycles. The van der Waals surface area contributed by atoms with Gasteiger partial charge in [0.1, 0.15) is 0 Å². The van der Waals surface area contributed by atoms with Gasteiger partial charge in [-0.05, 0) is 30.5 Å². The average Bonchev–Trinajstić information content (AvgIpc) is 2.60. The lowest BCUT2D eigenvalue weighted by Crippen LogP contribution is -2.31. The van der Waals surface area contributed by atoms with Gasteiger partial charge in [0.25, 0.3) is 5.91 Å². The van der Waals surface area contributed by atoms with Gasteiger partial charge in [-0.15, -0.1) is 0 Å². The Kier molecular flexibility index (Phi) is 6.07. The molecule has 1 atom stereocenters. The van der Waals surface area contributed by atoms with Crippen LogP contribution in [0.2, 0.25) is 0 Å². The number of carbonyl (C=O) groups excluding carboxylic acids is 2. The van der Waals surface area contributed by atoms with Crippen LogP contribution >= 0.6 is 0 Å².